The van der Waals surface area contributed by atoms with Crippen LogP contribution in [-0.2, 0) is 17.9 Å². The first kappa shape index (κ1) is 26.0. The summed E-state index contributed by atoms with van der Waals surface area (Å²) < 4.78 is 0. The van der Waals surface area contributed by atoms with Crippen LogP contribution in [-0.4, -0.2) is 55.5 Å². The molecule has 0 saturated carbocycles. The van der Waals surface area contributed by atoms with Gasteiger partial charge in [-0.15, -0.1) is 24.0 Å². The maximum atomic E-state index is 11.5. The van der Waals surface area contributed by atoms with Gasteiger partial charge in [0, 0.05) is 33.2 Å². The lowest BCUT2D eigenvalue weighted by Crippen LogP contribution is -2.40. The van der Waals surface area contributed by atoms with E-state index in [1.165, 1.54) is 23.3 Å². The van der Waals surface area contributed by atoms with Gasteiger partial charge in [-0.1, -0.05) is 24.3 Å². The van der Waals surface area contributed by atoms with E-state index >= 15 is 0 Å². The third-order valence-electron chi connectivity index (χ3n) is 5.06. The van der Waals surface area contributed by atoms with E-state index in [9.17, 15) is 4.79 Å². The Morgan fingerprint density at radius 1 is 1.31 bits per heavy atom. The van der Waals surface area contributed by atoms with Crippen molar-refractivity contribution in [1.82, 2.24) is 15.5 Å². The lowest BCUT2D eigenvalue weighted by atomic mass is 9.97. The number of nitrogens with one attached hydrogen (secondary N) is 2. The van der Waals surface area contributed by atoms with Gasteiger partial charge in [-0.05, 0) is 55.4 Å². The van der Waals surface area contributed by atoms with Crippen molar-refractivity contribution in [1.29, 1.82) is 0 Å². The predicted molar refractivity (Wildman–Crippen MR) is 135 cm³/mol. The van der Waals surface area contributed by atoms with E-state index in [2.05, 4.69) is 51.0 Å². The van der Waals surface area contributed by atoms with Crippen LogP contribution in [0.1, 0.15) is 36.8 Å². The molecule has 1 aromatic carbocycles. The number of carbonyl (C=O) groups is 1. The molecule has 0 aliphatic carbocycles. The molecule has 0 radical (unpaired) electrons. The highest BCUT2D eigenvalue weighted by Crippen LogP contribution is 2.18. The van der Waals surface area contributed by atoms with E-state index in [4.69, 9.17) is 5.73 Å². The number of primary amides is 1. The van der Waals surface area contributed by atoms with E-state index in [-0.39, 0.29) is 35.8 Å². The number of carbonyl (C=O) groups excluding carboxylic acids is 1. The molecule has 1 atom stereocenters. The number of unbranched alkanes of at least 4 members (excludes halogenated alkanes) is 1. The predicted octanol–water partition coefficient (Wildman–Crippen LogP) is 2.81. The molecule has 2 rings (SSSR count). The highest BCUT2D eigenvalue weighted by Gasteiger charge is 2.23. The van der Waals surface area contributed by atoms with Crippen molar-refractivity contribution in [3.05, 3.63) is 35.4 Å². The maximum Gasteiger partial charge on any atom is 0.221 e. The van der Waals surface area contributed by atoms with Crippen LogP contribution >= 0.6 is 35.7 Å². The van der Waals surface area contributed by atoms with Gasteiger partial charge in [0.15, 0.2) is 5.96 Å². The second-order valence-electron chi connectivity index (χ2n) is 7.35. The second kappa shape index (κ2) is 14.9. The SMILES string of the molecule is CN=C(NCCCCSC)NCc1cccc(CN2CCCC(C(N)=O)C2)c1.I. The number of hydrogen-bond acceptors (Lipinski definition) is 4. The Labute approximate surface area is 196 Å². The zero-order valence-electron chi connectivity index (χ0n) is 17.7. The van der Waals surface area contributed by atoms with Crippen LogP contribution in [0, 0.1) is 5.92 Å². The zero-order chi connectivity index (χ0) is 20.2. The molecular formula is C21H36IN5OS. The minimum Gasteiger partial charge on any atom is -0.369 e. The maximum absolute atomic E-state index is 11.5. The summed E-state index contributed by atoms with van der Waals surface area (Å²) >= 11 is 1.89. The molecule has 29 heavy (non-hydrogen) atoms. The Morgan fingerprint density at radius 3 is 2.83 bits per heavy atom. The van der Waals surface area contributed by atoms with Gasteiger partial charge in [-0.3, -0.25) is 14.7 Å². The van der Waals surface area contributed by atoms with Gasteiger partial charge in [-0.2, -0.15) is 11.8 Å². The van der Waals surface area contributed by atoms with Crippen LogP contribution < -0.4 is 16.4 Å². The number of piperidine rings is 1. The molecule has 1 aromatic rings. The van der Waals surface area contributed by atoms with E-state index in [1.54, 1.807) is 7.05 Å². The lowest BCUT2D eigenvalue weighted by molar-refractivity contribution is -0.123. The Morgan fingerprint density at radius 2 is 2.10 bits per heavy atom. The highest BCUT2D eigenvalue weighted by atomic mass is 127. The number of hydrogen-bond donors (Lipinski definition) is 3. The number of likely N-dealkylation sites (tertiary alicyclic amines) is 1. The van der Waals surface area contributed by atoms with Crippen molar-refractivity contribution in [2.75, 3.05) is 38.7 Å². The number of benzene rings is 1. The van der Waals surface area contributed by atoms with Gasteiger partial charge in [-0.25, -0.2) is 0 Å². The number of aliphatic imine (C=N–C) groups is 1. The third kappa shape index (κ3) is 10.0. The Bertz CT molecular complexity index is 643. The standard InChI is InChI=1S/C21H35N5OS.HI/c1-23-21(24-10-3-4-12-28-2)25-14-17-7-5-8-18(13-17)15-26-11-6-9-19(16-26)20(22)27;/h5,7-8,13,19H,3-4,6,9-12,14-16H2,1-2H3,(H2,22,27)(H2,23,24,25);1H. The molecule has 6 nitrogen and oxygen atoms in total. The average molecular weight is 534 g/mol. The van der Waals surface area contributed by atoms with Crippen molar-refractivity contribution in [3.8, 4) is 0 Å². The first-order chi connectivity index (χ1) is 13.6. The van der Waals surface area contributed by atoms with E-state index in [0.29, 0.717) is 0 Å². The number of thioether (sulfide) groups is 1. The molecule has 0 aromatic heterocycles. The van der Waals surface area contributed by atoms with E-state index < -0.39 is 0 Å². The molecule has 1 heterocycles. The van der Waals surface area contributed by atoms with Gasteiger partial charge in [0.25, 0.3) is 0 Å². The van der Waals surface area contributed by atoms with Gasteiger partial charge in [0.05, 0.1) is 5.92 Å². The summed E-state index contributed by atoms with van der Waals surface area (Å²) in [5.41, 5.74) is 7.99. The van der Waals surface area contributed by atoms with E-state index in [0.717, 1.165) is 57.9 Å². The lowest BCUT2D eigenvalue weighted by Gasteiger charge is -2.31. The number of guanidine groups is 1. The van der Waals surface area contributed by atoms with E-state index in [1.807, 2.05) is 11.8 Å². The highest BCUT2D eigenvalue weighted by molar-refractivity contribution is 14.0. The summed E-state index contributed by atoms with van der Waals surface area (Å²) in [5.74, 6) is 1.87. The minimum absolute atomic E-state index is 0. The second-order valence-corrected chi connectivity index (χ2v) is 8.33. The number of nitrogens with zero attached hydrogens (tertiary/aromatic N) is 2. The van der Waals surface area contributed by atoms with Crippen LogP contribution in [0.2, 0.25) is 0 Å². The van der Waals surface area contributed by atoms with Crippen LogP contribution in [0.15, 0.2) is 29.3 Å². The van der Waals surface area contributed by atoms with Crippen molar-refractivity contribution in [3.63, 3.8) is 0 Å². The average Bonchev–Trinajstić information content (AvgIpc) is 2.70. The smallest absolute Gasteiger partial charge is 0.221 e. The Balaban J connectivity index is 0.00000420. The summed E-state index contributed by atoms with van der Waals surface area (Å²) in [5, 5.41) is 6.76. The fraction of sp³-hybridized carbons (Fsp3) is 0.619. The summed E-state index contributed by atoms with van der Waals surface area (Å²) in [7, 11) is 1.80. The van der Waals surface area contributed by atoms with Gasteiger partial charge in [0.2, 0.25) is 5.91 Å². The van der Waals surface area contributed by atoms with Crippen molar-refractivity contribution in [2.24, 2.45) is 16.6 Å². The minimum atomic E-state index is -0.171. The first-order valence-electron chi connectivity index (χ1n) is 10.1. The zero-order valence-corrected chi connectivity index (χ0v) is 20.8. The van der Waals surface area contributed by atoms with Crippen LogP contribution in [0.3, 0.4) is 0 Å². The molecule has 1 amide bonds. The normalized spacial score (nSPS) is 17.4. The fourth-order valence-electron chi connectivity index (χ4n) is 3.51. The first-order valence-corrected chi connectivity index (χ1v) is 11.5. The molecule has 1 unspecified atom stereocenters. The summed E-state index contributed by atoms with van der Waals surface area (Å²) in [6.07, 6.45) is 6.47. The molecular weight excluding hydrogens is 497 g/mol. The quantitative estimate of drug-likeness (QED) is 0.187. The number of halogens is 1. The molecule has 164 valence electrons. The third-order valence-corrected chi connectivity index (χ3v) is 5.75. The summed E-state index contributed by atoms with van der Waals surface area (Å²) in [4.78, 5) is 18.1. The molecule has 1 fully saturated rings. The molecule has 0 bridgehead atoms. The van der Waals surface area contributed by atoms with Crippen LogP contribution in [0.5, 0.6) is 0 Å². The molecule has 1 saturated heterocycles. The van der Waals surface area contributed by atoms with Gasteiger partial charge >= 0.3 is 0 Å². The largest absolute Gasteiger partial charge is 0.369 e. The van der Waals surface area contributed by atoms with Crippen molar-refractivity contribution < 1.29 is 4.79 Å². The molecule has 1 aliphatic rings. The van der Waals surface area contributed by atoms with Gasteiger partial charge < -0.3 is 16.4 Å². The molecule has 1 aliphatic heterocycles. The van der Waals surface area contributed by atoms with Crippen molar-refractivity contribution >= 4 is 47.6 Å². The van der Waals surface area contributed by atoms with Crippen LogP contribution in [0.4, 0.5) is 0 Å². The summed E-state index contributed by atoms with van der Waals surface area (Å²) in [6, 6.07) is 8.61. The molecule has 4 N–H and O–H groups in total. The Hall–Kier alpha value is -1.00. The number of rotatable bonds is 10. The van der Waals surface area contributed by atoms with Gasteiger partial charge in [0.1, 0.15) is 0 Å². The fourth-order valence-corrected chi connectivity index (χ4v) is 4.00. The van der Waals surface area contributed by atoms with Crippen molar-refractivity contribution in [2.45, 2.75) is 38.8 Å². The summed E-state index contributed by atoms with van der Waals surface area (Å²) in [6.45, 7) is 4.34. The topological polar surface area (TPSA) is 82.8 Å². The molecule has 8 heteroatoms. The number of nitrogens with two attached hydrogens (primary N) is 1. The van der Waals surface area contributed by atoms with Crippen LogP contribution in [0.25, 0.3) is 0 Å². The Kier molecular flexibility index (Phi) is 13.4. The number of amides is 1. The monoisotopic (exact) mass is 533 g/mol. The molecule has 0 spiro atoms.